The van der Waals surface area contributed by atoms with Crippen molar-refractivity contribution in [3.05, 3.63) is 68.1 Å². The van der Waals surface area contributed by atoms with Gasteiger partial charge in [0, 0.05) is 20.6 Å². The van der Waals surface area contributed by atoms with Crippen LogP contribution in [0.25, 0.3) is 0 Å². The lowest BCUT2D eigenvalue weighted by molar-refractivity contribution is 0.722. The second-order valence-electron chi connectivity index (χ2n) is 4.11. The molecule has 0 radical (unpaired) electrons. The van der Waals surface area contributed by atoms with E-state index in [1.165, 1.54) is 0 Å². The van der Waals surface area contributed by atoms with E-state index in [9.17, 15) is 0 Å². The number of halogens is 3. The van der Waals surface area contributed by atoms with Crippen LogP contribution in [-0.2, 0) is 6.42 Å². The van der Waals surface area contributed by atoms with Crippen molar-refractivity contribution in [1.29, 1.82) is 0 Å². The second-order valence-corrected chi connectivity index (χ2v) is 5.87. The van der Waals surface area contributed by atoms with Crippen molar-refractivity contribution in [3.63, 3.8) is 0 Å². The van der Waals surface area contributed by atoms with E-state index in [1.54, 1.807) is 12.1 Å². The lowest BCUT2D eigenvalue weighted by Crippen LogP contribution is -2.13. The van der Waals surface area contributed by atoms with E-state index in [4.69, 9.17) is 28.9 Å². The number of hydrogen-bond acceptors (Lipinski definition) is 1. The van der Waals surface area contributed by atoms with Crippen molar-refractivity contribution in [3.8, 4) is 0 Å². The summed E-state index contributed by atoms with van der Waals surface area (Å²) in [5, 5.41) is 1.31. The summed E-state index contributed by atoms with van der Waals surface area (Å²) in [7, 11) is 0. The van der Waals surface area contributed by atoms with Gasteiger partial charge in [0.25, 0.3) is 0 Å². The highest BCUT2D eigenvalue weighted by atomic mass is 79.9. The van der Waals surface area contributed by atoms with E-state index < -0.39 is 0 Å². The van der Waals surface area contributed by atoms with E-state index in [2.05, 4.69) is 22.0 Å². The maximum Gasteiger partial charge on any atom is 0.0454 e. The molecule has 18 heavy (non-hydrogen) atoms. The molecule has 0 fully saturated rings. The first-order valence-corrected chi connectivity index (χ1v) is 7.06. The quantitative estimate of drug-likeness (QED) is 0.833. The molecular weight excluding hydrogens is 333 g/mol. The van der Waals surface area contributed by atoms with Gasteiger partial charge >= 0.3 is 0 Å². The molecule has 0 amide bonds. The van der Waals surface area contributed by atoms with Crippen molar-refractivity contribution in [2.24, 2.45) is 5.73 Å². The van der Waals surface area contributed by atoms with E-state index in [-0.39, 0.29) is 6.04 Å². The van der Waals surface area contributed by atoms with Crippen LogP contribution in [0.3, 0.4) is 0 Å². The van der Waals surface area contributed by atoms with Gasteiger partial charge in [0.2, 0.25) is 0 Å². The molecule has 0 saturated heterocycles. The highest BCUT2D eigenvalue weighted by Gasteiger charge is 2.11. The van der Waals surface area contributed by atoms with Gasteiger partial charge in [-0.1, -0.05) is 51.3 Å². The minimum absolute atomic E-state index is 0.162. The van der Waals surface area contributed by atoms with Crippen molar-refractivity contribution >= 4 is 39.1 Å². The molecule has 0 saturated carbocycles. The average molecular weight is 345 g/mol. The predicted octanol–water partition coefficient (Wildman–Crippen LogP) is 5.00. The lowest BCUT2D eigenvalue weighted by atomic mass is 10.00. The Balaban J connectivity index is 2.21. The molecule has 4 heteroatoms. The summed E-state index contributed by atoms with van der Waals surface area (Å²) in [4.78, 5) is 0. The summed E-state index contributed by atoms with van der Waals surface area (Å²) in [5.74, 6) is 0. The first-order valence-electron chi connectivity index (χ1n) is 5.51. The Morgan fingerprint density at radius 1 is 1.11 bits per heavy atom. The maximum absolute atomic E-state index is 6.19. The van der Waals surface area contributed by atoms with Crippen molar-refractivity contribution in [2.75, 3.05) is 0 Å². The first-order chi connectivity index (χ1) is 8.56. The zero-order chi connectivity index (χ0) is 13.1. The summed E-state index contributed by atoms with van der Waals surface area (Å²) in [6.45, 7) is 0. The molecule has 0 aromatic heterocycles. The van der Waals surface area contributed by atoms with E-state index >= 15 is 0 Å². The van der Waals surface area contributed by atoms with Crippen LogP contribution in [0.5, 0.6) is 0 Å². The topological polar surface area (TPSA) is 26.0 Å². The Morgan fingerprint density at radius 2 is 1.89 bits per heavy atom. The van der Waals surface area contributed by atoms with E-state index in [0.717, 1.165) is 22.0 Å². The third kappa shape index (κ3) is 3.48. The van der Waals surface area contributed by atoms with Gasteiger partial charge in [0.1, 0.15) is 0 Å². The number of benzene rings is 2. The Bertz CT molecular complexity index is 557. The normalized spacial score (nSPS) is 12.4. The van der Waals surface area contributed by atoms with Crippen LogP contribution in [0.1, 0.15) is 17.2 Å². The fraction of sp³-hybridized carbons (Fsp3) is 0.143. The molecule has 1 atom stereocenters. The second kappa shape index (κ2) is 6.07. The number of rotatable bonds is 3. The fourth-order valence-electron chi connectivity index (χ4n) is 1.83. The zero-order valence-electron chi connectivity index (χ0n) is 9.54. The average Bonchev–Trinajstić information content (AvgIpc) is 2.32. The van der Waals surface area contributed by atoms with Crippen LogP contribution in [0.15, 0.2) is 46.9 Å². The van der Waals surface area contributed by atoms with Gasteiger partial charge in [-0.2, -0.15) is 0 Å². The van der Waals surface area contributed by atoms with Gasteiger partial charge in [0.05, 0.1) is 0 Å². The Hall–Kier alpha value is -0.540. The van der Waals surface area contributed by atoms with Crippen molar-refractivity contribution in [1.82, 2.24) is 0 Å². The summed E-state index contributed by atoms with van der Waals surface area (Å²) in [5.41, 5.74) is 8.23. The van der Waals surface area contributed by atoms with Crippen LogP contribution in [0.2, 0.25) is 10.0 Å². The molecule has 0 spiro atoms. The van der Waals surface area contributed by atoms with Crippen LogP contribution in [0.4, 0.5) is 0 Å². The van der Waals surface area contributed by atoms with Gasteiger partial charge in [-0.3, -0.25) is 0 Å². The van der Waals surface area contributed by atoms with Crippen LogP contribution in [0, 0.1) is 0 Å². The molecule has 0 aliphatic heterocycles. The largest absolute Gasteiger partial charge is 0.324 e. The molecule has 1 unspecified atom stereocenters. The van der Waals surface area contributed by atoms with Gasteiger partial charge in [-0.15, -0.1) is 0 Å². The number of hydrogen-bond donors (Lipinski definition) is 1. The standard InChI is InChI=1S/C14H12BrCl2N/c15-10-3-1-2-9(6-10)7-14(18)12-8-11(16)4-5-13(12)17/h1-6,8,14H,7,18H2. The van der Waals surface area contributed by atoms with Crippen LogP contribution < -0.4 is 5.73 Å². The molecule has 0 aliphatic carbocycles. The minimum Gasteiger partial charge on any atom is -0.324 e. The Labute approximate surface area is 125 Å². The highest BCUT2D eigenvalue weighted by Crippen LogP contribution is 2.27. The lowest BCUT2D eigenvalue weighted by Gasteiger charge is -2.14. The molecular formula is C14H12BrCl2N. The van der Waals surface area contributed by atoms with Crippen molar-refractivity contribution in [2.45, 2.75) is 12.5 Å². The zero-order valence-corrected chi connectivity index (χ0v) is 12.6. The molecule has 0 bridgehead atoms. The molecule has 2 N–H and O–H groups in total. The smallest absolute Gasteiger partial charge is 0.0454 e. The van der Waals surface area contributed by atoms with Gasteiger partial charge in [-0.05, 0) is 47.9 Å². The first kappa shape index (κ1) is 13.9. The molecule has 1 nitrogen and oxygen atoms in total. The molecule has 0 aliphatic rings. The predicted molar refractivity (Wildman–Crippen MR) is 81.2 cm³/mol. The SMILES string of the molecule is NC(Cc1cccc(Br)c1)c1cc(Cl)ccc1Cl. The highest BCUT2D eigenvalue weighted by molar-refractivity contribution is 9.10. The summed E-state index contributed by atoms with van der Waals surface area (Å²) in [6.07, 6.45) is 0.722. The van der Waals surface area contributed by atoms with Gasteiger partial charge in [-0.25, -0.2) is 0 Å². The third-order valence-corrected chi connectivity index (χ3v) is 3.77. The van der Waals surface area contributed by atoms with Gasteiger partial charge in [0.15, 0.2) is 0 Å². The number of nitrogens with two attached hydrogens (primary N) is 1. The van der Waals surface area contributed by atoms with Gasteiger partial charge < -0.3 is 5.73 Å². The van der Waals surface area contributed by atoms with Crippen LogP contribution in [-0.4, -0.2) is 0 Å². The van der Waals surface area contributed by atoms with Crippen LogP contribution >= 0.6 is 39.1 Å². The Morgan fingerprint density at radius 3 is 2.61 bits per heavy atom. The molecule has 0 heterocycles. The molecule has 2 rings (SSSR count). The van der Waals surface area contributed by atoms with E-state index in [1.807, 2.05) is 24.3 Å². The summed E-state index contributed by atoms with van der Waals surface area (Å²) in [6, 6.07) is 13.3. The maximum atomic E-state index is 6.19. The molecule has 2 aromatic rings. The minimum atomic E-state index is -0.162. The monoisotopic (exact) mass is 343 g/mol. The summed E-state index contributed by atoms with van der Waals surface area (Å²) < 4.78 is 1.05. The third-order valence-electron chi connectivity index (χ3n) is 2.70. The Kier molecular flexibility index (Phi) is 4.68. The fourth-order valence-corrected chi connectivity index (χ4v) is 2.71. The van der Waals surface area contributed by atoms with E-state index in [0.29, 0.717) is 10.0 Å². The molecule has 2 aromatic carbocycles. The summed E-state index contributed by atoms with van der Waals surface area (Å²) >= 11 is 15.6. The van der Waals surface area contributed by atoms with Crippen molar-refractivity contribution < 1.29 is 0 Å². The molecule has 94 valence electrons.